The van der Waals surface area contributed by atoms with Gasteiger partial charge in [0.1, 0.15) is 5.75 Å². The summed E-state index contributed by atoms with van der Waals surface area (Å²) in [6.07, 6.45) is 2.13. The zero-order valence-corrected chi connectivity index (χ0v) is 17.4. The highest BCUT2D eigenvalue weighted by Gasteiger charge is 2.16. The van der Waals surface area contributed by atoms with Crippen molar-refractivity contribution in [2.45, 2.75) is 0 Å². The predicted molar refractivity (Wildman–Crippen MR) is 114 cm³/mol. The van der Waals surface area contributed by atoms with E-state index in [2.05, 4.69) is 4.98 Å². The lowest BCUT2D eigenvalue weighted by atomic mass is 10.2. The van der Waals surface area contributed by atoms with Gasteiger partial charge in [0.25, 0.3) is 0 Å². The van der Waals surface area contributed by atoms with Gasteiger partial charge < -0.3 is 9.47 Å². The van der Waals surface area contributed by atoms with Crippen LogP contribution in [0.25, 0.3) is 17.1 Å². The van der Waals surface area contributed by atoms with Gasteiger partial charge in [-0.15, -0.1) is 11.3 Å². The molecular formula is C21H14Cl2FNO3S. The van der Waals surface area contributed by atoms with E-state index in [1.807, 2.05) is 0 Å². The number of rotatable bonds is 6. The number of carbonyl (C=O) groups is 1. The molecule has 29 heavy (non-hydrogen) atoms. The summed E-state index contributed by atoms with van der Waals surface area (Å²) < 4.78 is 24.8. The smallest absolute Gasteiger partial charge is 0.346 e. The number of ether oxygens (including phenoxy) is 2. The quantitative estimate of drug-likeness (QED) is 0.140. The number of benzene rings is 2. The van der Waals surface area contributed by atoms with Crippen LogP contribution in [-0.2, 0) is 9.53 Å². The summed E-state index contributed by atoms with van der Waals surface area (Å²) in [5.74, 6) is -1.12. The van der Waals surface area contributed by atoms with Crippen molar-refractivity contribution in [1.29, 1.82) is 0 Å². The van der Waals surface area contributed by atoms with Crippen LogP contribution < -0.4 is 4.74 Å². The van der Waals surface area contributed by atoms with Crippen LogP contribution in [0.4, 0.5) is 4.39 Å². The van der Waals surface area contributed by atoms with E-state index < -0.39 is 11.8 Å². The van der Waals surface area contributed by atoms with Crippen LogP contribution in [0.1, 0.15) is 5.01 Å². The molecule has 3 aromatic rings. The van der Waals surface area contributed by atoms with Crippen molar-refractivity contribution in [2.75, 3.05) is 7.11 Å². The minimum Gasteiger partial charge on any atom is -0.503 e. The molecular weight excluding hydrogens is 436 g/mol. The van der Waals surface area contributed by atoms with E-state index in [1.54, 1.807) is 53.9 Å². The maximum absolute atomic E-state index is 14.7. The maximum Gasteiger partial charge on any atom is 0.346 e. The zero-order valence-electron chi connectivity index (χ0n) is 15.1. The summed E-state index contributed by atoms with van der Waals surface area (Å²) in [4.78, 5) is 16.6. The largest absolute Gasteiger partial charge is 0.503 e. The monoisotopic (exact) mass is 449 g/mol. The van der Waals surface area contributed by atoms with E-state index in [0.717, 1.165) is 23.7 Å². The average molecular weight is 450 g/mol. The van der Waals surface area contributed by atoms with E-state index in [4.69, 9.17) is 32.7 Å². The number of hydrogen-bond acceptors (Lipinski definition) is 5. The first-order valence-corrected chi connectivity index (χ1v) is 9.90. The Labute approximate surface area is 180 Å². The molecule has 4 nitrogen and oxygen atoms in total. The Bertz CT molecular complexity index is 1080. The number of halogens is 3. The lowest BCUT2D eigenvalue weighted by Crippen LogP contribution is -2.10. The minimum atomic E-state index is -0.755. The normalized spacial score (nSPS) is 12.0. The molecule has 0 aliphatic rings. The fraction of sp³-hybridized carbons (Fsp3) is 0.0476. The van der Waals surface area contributed by atoms with Gasteiger partial charge in [-0.05, 0) is 30.3 Å². The molecule has 2 aromatic carbocycles. The van der Waals surface area contributed by atoms with Crippen molar-refractivity contribution in [3.8, 4) is 17.0 Å². The van der Waals surface area contributed by atoms with Crippen molar-refractivity contribution in [3.63, 3.8) is 0 Å². The Morgan fingerprint density at radius 3 is 2.59 bits per heavy atom. The zero-order chi connectivity index (χ0) is 20.8. The van der Waals surface area contributed by atoms with Crippen molar-refractivity contribution in [3.05, 3.63) is 86.9 Å². The Balaban J connectivity index is 1.82. The second-order valence-corrected chi connectivity index (χ2v) is 7.34. The van der Waals surface area contributed by atoms with Crippen molar-refractivity contribution >= 4 is 46.3 Å². The minimum absolute atomic E-state index is 0.0971. The molecule has 0 saturated heterocycles. The summed E-state index contributed by atoms with van der Waals surface area (Å²) >= 11 is 13.0. The molecule has 0 atom stereocenters. The molecule has 3 rings (SSSR count). The Hall–Kier alpha value is -2.67. The highest BCUT2D eigenvalue weighted by atomic mass is 35.5. The van der Waals surface area contributed by atoms with Crippen LogP contribution in [0.2, 0.25) is 10.0 Å². The van der Waals surface area contributed by atoms with E-state index in [1.165, 1.54) is 7.11 Å². The Kier molecular flexibility index (Phi) is 7.04. The molecule has 0 N–H and O–H groups in total. The number of hydrogen-bond donors (Lipinski definition) is 0. The fourth-order valence-electron chi connectivity index (χ4n) is 2.29. The average Bonchev–Trinajstić information content (AvgIpc) is 3.21. The molecule has 0 amide bonds. The Morgan fingerprint density at radius 2 is 1.90 bits per heavy atom. The molecule has 0 fully saturated rings. The van der Waals surface area contributed by atoms with Crippen LogP contribution in [0.3, 0.4) is 0 Å². The van der Waals surface area contributed by atoms with Crippen LogP contribution >= 0.6 is 34.5 Å². The molecule has 8 heteroatoms. The molecule has 0 unspecified atom stereocenters. The number of aromatic nitrogens is 1. The molecule has 0 radical (unpaired) electrons. The van der Waals surface area contributed by atoms with Gasteiger partial charge in [-0.3, -0.25) is 0 Å². The van der Waals surface area contributed by atoms with Crippen molar-refractivity contribution in [1.82, 2.24) is 4.98 Å². The summed E-state index contributed by atoms with van der Waals surface area (Å²) in [6.45, 7) is 0. The first-order chi connectivity index (χ1) is 14.0. The Morgan fingerprint density at radius 1 is 1.14 bits per heavy atom. The molecule has 0 aliphatic carbocycles. The molecule has 1 aromatic heterocycles. The molecule has 1 heterocycles. The lowest BCUT2D eigenvalue weighted by molar-refractivity contribution is -0.129. The lowest BCUT2D eigenvalue weighted by Gasteiger charge is -2.05. The van der Waals surface area contributed by atoms with Crippen molar-refractivity contribution < 1.29 is 18.7 Å². The molecule has 0 saturated carbocycles. The van der Waals surface area contributed by atoms with E-state index in [0.29, 0.717) is 27.1 Å². The van der Waals surface area contributed by atoms with Gasteiger partial charge in [-0.25, -0.2) is 14.2 Å². The topological polar surface area (TPSA) is 48.4 Å². The van der Waals surface area contributed by atoms with Gasteiger partial charge in [0.05, 0.1) is 34.7 Å². The summed E-state index contributed by atoms with van der Waals surface area (Å²) in [7, 11) is 1.35. The third-order valence-corrected chi connectivity index (χ3v) is 5.23. The number of thiazole rings is 1. The molecule has 0 bridgehead atoms. The number of methoxy groups -OCH3 is 1. The summed E-state index contributed by atoms with van der Waals surface area (Å²) in [5.41, 5.74) is 1.14. The van der Waals surface area contributed by atoms with E-state index in [-0.39, 0.29) is 10.6 Å². The van der Waals surface area contributed by atoms with Gasteiger partial charge >= 0.3 is 5.97 Å². The molecule has 148 valence electrons. The van der Waals surface area contributed by atoms with Gasteiger partial charge in [0, 0.05) is 10.9 Å². The second-order valence-electron chi connectivity index (χ2n) is 5.67. The first-order valence-electron chi connectivity index (χ1n) is 8.26. The van der Waals surface area contributed by atoms with Crippen LogP contribution in [0.15, 0.2) is 71.8 Å². The van der Waals surface area contributed by atoms with Gasteiger partial charge in [0.15, 0.2) is 10.8 Å². The predicted octanol–water partition coefficient (Wildman–Crippen LogP) is 6.56. The van der Waals surface area contributed by atoms with Gasteiger partial charge in [-0.2, -0.15) is 0 Å². The van der Waals surface area contributed by atoms with E-state index in [9.17, 15) is 9.18 Å². The van der Waals surface area contributed by atoms with Gasteiger partial charge in [-0.1, -0.05) is 47.5 Å². The maximum atomic E-state index is 14.7. The summed E-state index contributed by atoms with van der Waals surface area (Å²) in [5, 5.41) is 2.58. The third kappa shape index (κ3) is 5.44. The molecule has 0 spiro atoms. The number of nitrogens with zero attached hydrogens (tertiary/aromatic N) is 1. The van der Waals surface area contributed by atoms with Crippen LogP contribution in [0.5, 0.6) is 5.75 Å². The van der Waals surface area contributed by atoms with Crippen molar-refractivity contribution in [2.24, 2.45) is 0 Å². The second kappa shape index (κ2) is 9.69. The third-order valence-electron chi connectivity index (χ3n) is 3.64. The number of para-hydroxylation sites is 1. The number of carbonyl (C=O) groups excluding carboxylic acids is 1. The first kappa shape index (κ1) is 21.0. The standard InChI is InChI=1S/C21H14Cl2FNO3S/c1-27-11-14(21(26)28-15-5-3-2-4-6-15)10-18(24)20-25-19(12-29-20)13-7-8-16(22)17(23)9-13/h2-12H,1H3. The van der Waals surface area contributed by atoms with Gasteiger partial charge in [0.2, 0.25) is 0 Å². The SMILES string of the molecule is COC=C(C=C(F)c1nc(-c2ccc(Cl)c(Cl)c2)cs1)C(=O)Oc1ccccc1. The molecule has 0 aliphatic heterocycles. The highest BCUT2D eigenvalue weighted by molar-refractivity contribution is 7.11. The van der Waals surface area contributed by atoms with E-state index >= 15 is 0 Å². The van der Waals surface area contributed by atoms with Crippen LogP contribution in [-0.4, -0.2) is 18.1 Å². The summed E-state index contributed by atoms with van der Waals surface area (Å²) in [6, 6.07) is 13.5. The number of esters is 1. The fourth-order valence-corrected chi connectivity index (χ4v) is 3.32. The highest BCUT2D eigenvalue weighted by Crippen LogP contribution is 2.31. The van der Waals surface area contributed by atoms with Crippen LogP contribution in [0, 0.1) is 0 Å².